The van der Waals surface area contributed by atoms with E-state index in [0.29, 0.717) is 24.6 Å². The van der Waals surface area contributed by atoms with E-state index >= 15 is 0 Å². The molecule has 4 heteroatoms. The highest BCUT2D eigenvalue weighted by Crippen LogP contribution is 2.24. The molecule has 0 aromatic carbocycles. The normalized spacial score (nSPS) is 15.4. The quantitative estimate of drug-likeness (QED) is 0.883. The second-order valence-corrected chi connectivity index (χ2v) is 5.01. The third-order valence-corrected chi connectivity index (χ3v) is 3.38. The predicted molar refractivity (Wildman–Crippen MR) is 75.2 cm³/mol. The Kier molecular flexibility index (Phi) is 4.75. The number of aromatic nitrogens is 1. The molecule has 1 heterocycles. The molecule has 0 amide bonds. The lowest BCUT2D eigenvalue weighted by molar-refractivity contribution is 0.141. The maximum Gasteiger partial charge on any atom is 0.144 e. The number of aryl methyl sites for hydroxylation is 2. The third kappa shape index (κ3) is 3.45. The number of anilines is 1. The molecule has 1 atom stereocenters. The van der Waals surface area contributed by atoms with E-state index < -0.39 is 0 Å². The summed E-state index contributed by atoms with van der Waals surface area (Å²) in [7, 11) is 0. The van der Waals surface area contributed by atoms with Gasteiger partial charge in [-0.3, -0.25) is 0 Å². The van der Waals surface area contributed by atoms with Gasteiger partial charge in [0.1, 0.15) is 11.9 Å². The van der Waals surface area contributed by atoms with Crippen LogP contribution >= 0.6 is 0 Å². The first-order chi connectivity index (χ1) is 9.24. The molecule has 1 aliphatic rings. The largest absolute Gasteiger partial charge is 0.380 e. The van der Waals surface area contributed by atoms with Gasteiger partial charge in [-0.05, 0) is 51.2 Å². The Labute approximate surface area is 114 Å². The number of hydrogen-bond acceptors (Lipinski definition) is 4. The van der Waals surface area contributed by atoms with Crippen molar-refractivity contribution in [2.75, 3.05) is 18.5 Å². The van der Waals surface area contributed by atoms with Crippen LogP contribution in [0.4, 0.5) is 5.82 Å². The first kappa shape index (κ1) is 13.8. The van der Waals surface area contributed by atoms with Crippen molar-refractivity contribution in [3.05, 3.63) is 22.9 Å². The zero-order valence-corrected chi connectivity index (χ0v) is 11.7. The van der Waals surface area contributed by atoms with Crippen molar-refractivity contribution in [3.63, 3.8) is 0 Å². The molecule has 1 N–H and O–H groups in total. The van der Waals surface area contributed by atoms with Gasteiger partial charge in [0.05, 0.1) is 12.2 Å². The van der Waals surface area contributed by atoms with Gasteiger partial charge in [0.15, 0.2) is 0 Å². The van der Waals surface area contributed by atoms with Gasteiger partial charge in [-0.1, -0.05) is 0 Å². The topological polar surface area (TPSA) is 57.9 Å². The Morgan fingerprint density at radius 1 is 1.47 bits per heavy atom. The molecule has 1 aromatic rings. The average molecular weight is 259 g/mol. The minimum absolute atomic E-state index is 0.154. The maximum absolute atomic E-state index is 9.25. The van der Waals surface area contributed by atoms with Crippen LogP contribution in [0.5, 0.6) is 0 Å². The van der Waals surface area contributed by atoms with Gasteiger partial charge in [-0.15, -0.1) is 0 Å². The number of nitrogens with zero attached hydrogens (tertiary/aromatic N) is 2. The molecular weight excluding hydrogens is 238 g/mol. The standard InChI is InChI=1S/C15H21N3O/c1-3-19-10-11(2)17-15-13(9-16)8-12-6-4-5-7-14(12)18-15/h8,11H,3-7,10H2,1-2H3,(H,17,18). The van der Waals surface area contributed by atoms with E-state index in [1.165, 1.54) is 18.4 Å². The molecule has 2 rings (SSSR count). The predicted octanol–water partition coefficient (Wildman–Crippen LogP) is 2.67. The van der Waals surface area contributed by atoms with E-state index in [0.717, 1.165) is 18.5 Å². The summed E-state index contributed by atoms with van der Waals surface area (Å²) in [6.45, 7) is 5.34. The highest BCUT2D eigenvalue weighted by Gasteiger charge is 2.16. The van der Waals surface area contributed by atoms with Crippen molar-refractivity contribution in [1.29, 1.82) is 5.26 Å². The molecule has 0 saturated heterocycles. The van der Waals surface area contributed by atoms with Gasteiger partial charge in [-0.25, -0.2) is 4.98 Å². The van der Waals surface area contributed by atoms with Crippen molar-refractivity contribution in [2.45, 2.75) is 45.6 Å². The molecule has 1 unspecified atom stereocenters. The van der Waals surface area contributed by atoms with E-state index in [-0.39, 0.29) is 6.04 Å². The molecule has 1 aliphatic carbocycles. The summed E-state index contributed by atoms with van der Waals surface area (Å²) in [5, 5.41) is 12.5. The van der Waals surface area contributed by atoms with Crippen molar-refractivity contribution < 1.29 is 4.74 Å². The van der Waals surface area contributed by atoms with Crippen molar-refractivity contribution >= 4 is 5.82 Å². The van der Waals surface area contributed by atoms with Crippen LogP contribution in [0.25, 0.3) is 0 Å². The number of hydrogen-bond donors (Lipinski definition) is 1. The van der Waals surface area contributed by atoms with Crippen LogP contribution in [0.15, 0.2) is 6.07 Å². The third-order valence-electron chi connectivity index (χ3n) is 3.38. The molecule has 0 aliphatic heterocycles. The number of rotatable bonds is 5. The fraction of sp³-hybridized carbons (Fsp3) is 0.600. The number of ether oxygens (including phenoxy) is 1. The Morgan fingerprint density at radius 2 is 2.26 bits per heavy atom. The zero-order chi connectivity index (χ0) is 13.7. The van der Waals surface area contributed by atoms with E-state index in [4.69, 9.17) is 4.74 Å². The van der Waals surface area contributed by atoms with Crippen LogP contribution in [-0.4, -0.2) is 24.2 Å². The average Bonchev–Trinajstić information content (AvgIpc) is 2.44. The molecule has 0 saturated carbocycles. The Balaban J connectivity index is 2.17. The van der Waals surface area contributed by atoms with Gasteiger partial charge >= 0.3 is 0 Å². The first-order valence-electron chi connectivity index (χ1n) is 7.01. The summed E-state index contributed by atoms with van der Waals surface area (Å²) < 4.78 is 5.38. The van der Waals surface area contributed by atoms with Crippen LogP contribution in [0.2, 0.25) is 0 Å². The highest BCUT2D eigenvalue weighted by molar-refractivity contribution is 5.55. The van der Waals surface area contributed by atoms with Gasteiger partial charge in [0, 0.05) is 18.3 Å². The second-order valence-electron chi connectivity index (χ2n) is 5.01. The van der Waals surface area contributed by atoms with Crippen LogP contribution in [0.3, 0.4) is 0 Å². The SMILES string of the molecule is CCOCC(C)Nc1nc2c(cc1C#N)CCCC2. The first-order valence-corrected chi connectivity index (χ1v) is 7.01. The monoisotopic (exact) mass is 259 g/mol. The second kappa shape index (κ2) is 6.53. The fourth-order valence-corrected chi connectivity index (χ4v) is 2.40. The van der Waals surface area contributed by atoms with Crippen LogP contribution in [0, 0.1) is 11.3 Å². The molecule has 19 heavy (non-hydrogen) atoms. The highest BCUT2D eigenvalue weighted by atomic mass is 16.5. The number of fused-ring (bicyclic) bond motifs is 1. The van der Waals surface area contributed by atoms with Crippen molar-refractivity contribution in [1.82, 2.24) is 4.98 Å². The summed E-state index contributed by atoms with van der Waals surface area (Å²) in [5.74, 6) is 0.704. The molecule has 1 aromatic heterocycles. The lowest BCUT2D eigenvalue weighted by Crippen LogP contribution is -2.23. The smallest absolute Gasteiger partial charge is 0.144 e. The minimum Gasteiger partial charge on any atom is -0.380 e. The summed E-state index contributed by atoms with van der Waals surface area (Å²) >= 11 is 0. The van der Waals surface area contributed by atoms with Gasteiger partial charge < -0.3 is 10.1 Å². The van der Waals surface area contributed by atoms with Gasteiger partial charge in [0.25, 0.3) is 0 Å². The zero-order valence-electron chi connectivity index (χ0n) is 11.7. The summed E-state index contributed by atoms with van der Waals surface area (Å²) in [4.78, 5) is 4.64. The number of nitrogens with one attached hydrogen (secondary N) is 1. The molecular formula is C15H21N3O. The van der Waals surface area contributed by atoms with Gasteiger partial charge in [-0.2, -0.15) is 5.26 Å². The maximum atomic E-state index is 9.25. The van der Waals surface area contributed by atoms with Crippen LogP contribution in [-0.2, 0) is 17.6 Å². The Morgan fingerprint density at radius 3 is 3.00 bits per heavy atom. The van der Waals surface area contributed by atoms with E-state index in [2.05, 4.69) is 16.4 Å². The summed E-state index contributed by atoms with van der Waals surface area (Å²) in [6.07, 6.45) is 4.47. The molecule has 0 bridgehead atoms. The van der Waals surface area contributed by atoms with Crippen molar-refractivity contribution in [3.8, 4) is 6.07 Å². The lowest BCUT2D eigenvalue weighted by atomic mass is 9.95. The van der Waals surface area contributed by atoms with E-state index in [1.54, 1.807) is 0 Å². The molecule has 4 nitrogen and oxygen atoms in total. The number of nitriles is 1. The molecule has 0 spiro atoms. The molecule has 0 radical (unpaired) electrons. The Hall–Kier alpha value is -1.60. The van der Waals surface area contributed by atoms with E-state index in [1.807, 2.05) is 19.9 Å². The lowest BCUT2D eigenvalue weighted by Gasteiger charge is -2.20. The number of pyridine rings is 1. The Bertz CT molecular complexity index is 479. The summed E-state index contributed by atoms with van der Waals surface area (Å²) in [6, 6.07) is 4.39. The van der Waals surface area contributed by atoms with Crippen LogP contribution in [0.1, 0.15) is 43.5 Å². The van der Waals surface area contributed by atoms with Crippen molar-refractivity contribution in [2.24, 2.45) is 0 Å². The minimum atomic E-state index is 0.154. The van der Waals surface area contributed by atoms with Crippen LogP contribution < -0.4 is 5.32 Å². The summed E-state index contributed by atoms with van der Waals surface area (Å²) in [5.41, 5.74) is 3.03. The van der Waals surface area contributed by atoms with E-state index in [9.17, 15) is 5.26 Å². The van der Waals surface area contributed by atoms with Gasteiger partial charge in [0.2, 0.25) is 0 Å². The molecule has 102 valence electrons. The fourth-order valence-electron chi connectivity index (χ4n) is 2.40. The molecule has 0 fully saturated rings.